The van der Waals surface area contributed by atoms with Crippen LogP contribution >= 0.6 is 24.0 Å². The first-order valence-electron chi connectivity index (χ1n) is 7.40. The lowest BCUT2D eigenvalue weighted by atomic mass is 10.0. The lowest BCUT2D eigenvalue weighted by Gasteiger charge is -2.24. The van der Waals surface area contributed by atoms with Crippen LogP contribution in [0.5, 0.6) is 0 Å². The van der Waals surface area contributed by atoms with E-state index in [1.807, 2.05) is 41.3 Å². The molecule has 3 rings (SSSR count). The summed E-state index contributed by atoms with van der Waals surface area (Å²) >= 11 is 6.28. The minimum Gasteiger partial charge on any atom is -0.482 e. The van der Waals surface area contributed by atoms with Gasteiger partial charge in [0.05, 0.1) is 24.2 Å². The first kappa shape index (κ1) is 16.0. The van der Waals surface area contributed by atoms with Gasteiger partial charge in [0.15, 0.2) is 0 Å². The molecule has 0 saturated heterocycles. The molecule has 0 unspecified atom stereocenters. The van der Waals surface area contributed by atoms with Crippen LogP contribution in [0.3, 0.4) is 0 Å². The number of para-hydroxylation sites is 2. The second-order valence-corrected chi connectivity index (χ2v) is 6.81. The van der Waals surface area contributed by atoms with Crippen LogP contribution in [0.4, 0.5) is 11.4 Å². The highest BCUT2D eigenvalue weighted by Crippen LogP contribution is 2.36. The molecule has 0 atom stereocenters. The Balaban J connectivity index is 2.00. The average Bonchev–Trinajstić information content (AvgIpc) is 2.76. The lowest BCUT2D eigenvalue weighted by Crippen LogP contribution is -2.29. The number of benzene rings is 2. The molecule has 1 aliphatic heterocycles. The van der Waals surface area contributed by atoms with Gasteiger partial charge in [-0.1, -0.05) is 48.2 Å². The van der Waals surface area contributed by atoms with Crippen LogP contribution in [0.1, 0.15) is 11.1 Å². The highest BCUT2D eigenvalue weighted by molar-refractivity contribution is 8.23. The third kappa shape index (κ3) is 3.41. The summed E-state index contributed by atoms with van der Waals surface area (Å²) in [5.74, 6) is 0.270. The summed E-state index contributed by atoms with van der Waals surface area (Å²) in [6.07, 6.45) is 1.86. The summed E-state index contributed by atoms with van der Waals surface area (Å²) in [7, 11) is 1.52. The standard InChI is InChI=1S/C18H17NO2S2/c1-21-18(22)23-12-17(20)19-15-8-4-2-6-13(15)10-11-14-7-3-5-9-16(14)19/h2-9H,10-12H2,1H3. The molecular formula is C18H17NO2S2. The minimum absolute atomic E-state index is 0.0104. The SMILES string of the molecule is COC(=S)SCC(=O)N1c2ccccc2CCc2ccccc21. The van der Waals surface area contributed by atoms with E-state index in [4.69, 9.17) is 17.0 Å². The minimum atomic E-state index is 0.0104. The number of hydrogen-bond acceptors (Lipinski definition) is 4. The number of thiocarbonyl (C=S) groups is 1. The number of carbonyl (C=O) groups excluding carboxylic acids is 1. The van der Waals surface area contributed by atoms with E-state index in [2.05, 4.69) is 12.1 Å². The van der Waals surface area contributed by atoms with Crippen LogP contribution in [0, 0.1) is 0 Å². The number of aryl methyl sites for hydroxylation is 2. The Morgan fingerprint density at radius 2 is 1.61 bits per heavy atom. The van der Waals surface area contributed by atoms with E-state index >= 15 is 0 Å². The summed E-state index contributed by atoms with van der Waals surface area (Å²) in [4.78, 5) is 14.7. The highest BCUT2D eigenvalue weighted by Gasteiger charge is 2.25. The fraction of sp³-hybridized carbons (Fsp3) is 0.222. The summed E-state index contributed by atoms with van der Waals surface area (Å²) < 4.78 is 5.36. The number of amides is 1. The van der Waals surface area contributed by atoms with Gasteiger partial charge in [-0.3, -0.25) is 9.69 Å². The third-order valence-corrected chi connectivity index (χ3v) is 5.17. The average molecular weight is 343 g/mol. The van der Waals surface area contributed by atoms with Gasteiger partial charge in [-0.05, 0) is 48.3 Å². The predicted molar refractivity (Wildman–Crippen MR) is 99.5 cm³/mol. The number of ether oxygens (including phenoxy) is 1. The Labute approximate surface area is 145 Å². The molecule has 0 saturated carbocycles. The number of rotatable bonds is 2. The molecule has 0 fully saturated rings. The number of nitrogens with zero attached hydrogens (tertiary/aromatic N) is 1. The van der Waals surface area contributed by atoms with Crippen molar-refractivity contribution < 1.29 is 9.53 Å². The van der Waals surface area contributed by atoms with Gasteiger partial charge in [0.2, 0.25) is 10.3 Å². The molecule has 0 aliphatic carbocycles. The molecular weight excluding hydrogens is 326 g/mol. The molecule has 23 heavy (non-hydrogen) atoms. The quantitative estimate of drug-likeness (QED) is 0.768. The summed E-state index contributed by atoms with van der Waals surface area (Å²) in [5, 5.41) is 0. The van der Waals surface area contributed by atoms with Gasteiger partial charge in [-0.25, -0.2) is 0 Å². The summed E-state index contributed by atoms with van der Waals surface area (Å²) in [6.45, 7) is 0. The first-order valence-corrected chi connectivity index (χ1v) is 8.79. The Bertz CT molecular complexity index is 698. The maximum atomic E-state index is 12.9. The zero-order valence-electron chi connectivity index (χ0n) is 12.8. The van der Waals surface area contributed by atoms with Crippen LogP contribution in [-0.2, 0) is 22.4 Å². The van der Waals surface area contributed by atoms with Gasteiger partial charge in [-0.2, -0.15) is 0 Å². The van der Waals surface area contributed by atoms with Crippen molar-refractivity contribution in [3.05, 3.63) is 59.7 Å². The fourth-order valence-electron chi connectivity index (χ4n) is 2.79. The van der Waals surface area contributed by atoms with Crippen molar-refractivity contribution in [2.24, 2.45) is 0 Å². The fourth-order valence-corrected chi connectivity index (χ4v) is 3.46. The molecule has 0 N–H and O–H groups in total. The van der Waals surface area contributed by atoms with Crippen molar-refractivity contribution in [3.63, 3.8) is 0 Å². The van der Waals surface area contributed by atoms with E-state index in [0.717, 1.165) is 24.2 Å². The number of hydrogen-bond donors (Lipinski definition) is 0. The topological polar surface area (TPSA) is 29.5 Å². The predicted octanol–water partition coefficient (Wildman–Crippen LogP) is 4.11. The molecule has 0 aromatic heterocycles. The van der Waals surface area contributed by atoms with Crippen LogP contribution in [-0.4, -0.2) is 23.2 Å². The van der Waals surface area contributed by atoms with Gasteiger partial charge in [0.25, 0.3) is 0 Å². The molecule has 1 heterocycles. The van der Waals surface area contributed by atoms with E-state index in [-0.39, 0.29) is 11.7 Å². The van der Waals surface area contributed by atoms with Gasteiger partial charge in [0, 0.05) is 0 Å². The number of methoxy groups -OCH3 is 1. The van der Waals surface area contributed by atoms with E-state index < -0.39 is 0 Å². The highest BCUT2D eigenvalue weighted by atomic mass is 32.2. The molecule has 5 heteroatoms. The lowest BCUT2D eigenvalue weighted by molar-refractivity contribution is -0.115. The maximum Gasteiger partial charge on any atom is 0.242 e. The molecule has 0 radical (unpaired) electrons. The van der Waals surface area contributed by atoms with Crippen molar-refractivity contribution in [3.8, 4) is 0 Å². The number of anilines is 2. The molecule has 1 amide bonds. The zero-order valence-corrected chi connectivity index (χ0v) is 14.5. The van der Waals surface area contributed by atoms with Crippen molar-refractivity contribution in [2.75, 3.05) is 17.8 Å². The molecule has 2 aromatic carbocycles. The molecule has 0 bridgehead atoms. The van der Waals surface area contributed by atoms with Crippen molar-refractivity contribution in [1.29, 1.82) is 0 Å². The second kappa shape index (κ2) is 7.15. The summed E-state index contributed by atoms with van der Waals surface area (Å²) in [5.41, 5.74) is 4.31. The van der Waals surface area contributed by atoms with Crippen LogP contribution in [0.2, 0.25) is 0 Å². The third-order valence-electron chi connectivity index (χ3n) is 3.86. The zero-order chi connectivity index (χ0) is 16.2. The van der Waals surface area contributed by atoms with Crippen LogP contribution in [0.15, 0.2) is 48.5 Å². The van der Waals surface area contributed by atoms with E-state index in [1.165, 1.54) is 30.0 Å². The maximum absolute atomic E-state index is 12.9. The molecule has 2 aromatic rings. The Morgan fingerprint density at radius 3 is 2.13 bits per heavy atom. The van der Waals surface area contributed by atoms with Gasteiger partial charge in [-0.15, -0.1) is 0 Å². The van der Waals surface area contributed by atoms with Crippen molar-refractivity contribution in [2.45, 2.75) is 12.8 Å². The molecule has 0 spiro atoms. The molecule has 118 valence electrons. The van der Waals surface area contributed by atoms with E-state index in [0.29, 0.717) is 4.38 Å². The molecule has 1 aliphatic rings. The van der Waals surface area contributed by atoms with Gasteiger partial charge < -0.3 is 4.74 Å². The largest absolute Gasteiger partial charge is 0.482 e. The monoisotopic (exact) mass is 343 g/mol. The first-order chi connectivity index (χ1) is 11.2. The van der Waals surface area contributed by atoms with Crippen molar-refractivity contribution >= 4 is 45.6 Å². The smallest absolute Gasteiger partial charge is 0.242 e. The van der Waals surface area contributed by atoms with Crippen LogP contribution < -0.4 is 4.90 Å². The second-order valence-electron chi connectivity index (χ2n) is 5.23. The Morgan fingerprint density at radius 1 is 1.09 bits per heavy atom. The van der Waals surface area contributed by atoms with Crippen molar-refractivity contribution in [1.82, 2.24) is 0 Å². The Kier molecular flexibility index (Phi) is 4.98. The van der Waals surface area contributed by atoms with Crippen LogP contribution in [0.25, 0.3) is 0 Å². The Hall–Kier alpha value is -1.85. The number of thioether (sulfide) groups is 1. The molecule has 3 nitrogen and oxygen atoms in total. The number of carbonyl (C=O) groups is 1. The normalized spacial score (nSPS) is 12.8. The van der Waals surface area contributed by atoms with Gasteiger partial charge >= 0.3 is 0 Å². The summed E-state index contributed by atoms with van der Waals surface area (Å²) in [6, 6.07) is 16.2. The van der Waals surface area contributed by atoms with E-state index in [1.54, 1.807) is 0 Å². The number of fused-ring (bicyclic) bond motifs is 2. The van der Waals surface area contributed by atoms with E-state index in [9.17, 15) is 4.79 Å². The van der Waals surface area contributed by atoms with Gasteiger partial charge in [0.1, 0.15) is 0 Å².